The third kappa shape index (κ3) is 2.53. The predicted molar refractivity (Wildman–Crippen MR) is 72.8 cm³/mol. The summed E-state index contributed by atoms with van der Waals surface area (Å²) in [5, 5.41) is 6.39. The van der Waals surface area contributed by atoms with Crippen LogP contribution in [0.5, 0.6) is 5.19 Å². The van der Waals surface area contributed by atoms with Gasteiger partial charge in [-0.05, 0) is 13.8 Å². The molecule has 3 heterocycles. The summed E-state index contributed by atoms with van der Waals surface area (Å²) >= 11 is 1.46. The van der Waals surface area contributed by atoms with E-state index in [-0.39, 0.29) is 12.0 Å². The van der Waals surface area contributed by atoms with E-state index in [2.05, 4.69) is 10.1 Å². The first kappa shape index (κ1) is 13.1. The third-order valence-corrected chi connectivity index (χ3v) is 4.05. The Morgan fingerprint density at radius 2 is 2.35 bits per heavy atom. The molecule has 1 fully saturated rings. The molecule has 0 atom stereocenters. The number of aromatic nitrogens is 2. The summed E-state index contributed by atoms with van der Waals surface area (Å²) in [7, 11) is 0. The van der Waals surface area contributed by atoms with Crippen LogP contribution >= 0.6 is 11.3 Å². The molecule has 1 saturated heterocycles. The van der Waals surface area contributed by atoms with Gasteiger partial charge in [0.25, 0.3) is 5.19 Å². The van der Waals surface area contributed by atoms with Gasteiger partial charge in [-0.15, -0.1) is 0 Å². The number of rotatable bonds is 4. The van der Waals surface area contributed by atoms with Gasteiger partial charge in [0, 0.05) is 17.1 Å². The van der Waals surface area contributed by atoms with Crippen LogP contribution in [-0.2, 0) is 11.2 Å². The molecule has 0 bridgehead atoms. The highest BCUT2D eigenvalue weighted by Gasteiger charge is 2.33. The minimum Gasteiger partial charge on any atom is -0.463 e. The fraction of sp³-hybridized carbons (Fsp3) is 0.462. The van der Waals surface area contributed by atoms with Gasteiger partial charge in [0.2, 0.25) is 5.91 Å². The molecule has 0 saturated carbocycles. The number of carbonyl (C=O) groups excluding carboxylic acids is 1. The Morgan fingerprint density at radius 1 is 1.55 bits per heavy atom. The number of hydrogen-bond donors (Lipinski definition) is 0. The second-order valence-corrected chi connectivity index (χ2v) is 5.67. The number of aryl methyl sites for hydroxylation is 2. The van der Waals surface area contributed by atoms with E-state index in [0.29, 0.717) is 30.5 Å². The summed E-state index contributed by atoms with van der Waals surface area (Å²) in [5.41, 5.74) is 1.67. The molecule has 1 aliphatic heterocycles. The van der Waals surface area contributed by atoms with Gasteiger partial charge in [-0.25, -0.2) is 4.98 Å². The molecule has 6 nitrogen and oxygen atoms in total. The normalized spacial score (nSPS) is 15.2. The van der Waals surface area contributed by atoms with E-state index in [9.17, 15) is 4.79 Å². The van der Waals surface area contributed by atoms with Crippen molar-refractivity contribution in [2.24, 2.45) is 0 Å². The zero-order chi connectivity index (χ0) is 14.1. The number of carbonyl (C=O) groups is 1. The first-order valence-corrected chi connectivity index (χ1v) is 7.27. The van der Waals surface area contributed by atoms with Crippen LogP contribution in [-0.4, -0.2) is 40.1 Å². The van der Waals surface area contributed by atoms with Gasteiger partial charge in [-0.1, -0.05) is 16.5 Å². The van der Waals surface area contributed by atoms with Gasteiger partial charge in [-0.3, -0.25) is 4.79 Å². The molecule has 0 aromatic carbocycles. The summed E-state index contributed by atoms with van der Waals surface area (Å²) in [4.78, 5) is 18.0. The van der Waals surface area contributed by atoms with Crippen molar-refractivity contribution >= 4 is 17.2 Å². The maximum absolute atomic E-state index is 12.1. The van der Waals surface area contributed by atoms with E-state index in [1.54, 1.807) is 11.1 Å². The Kier molecular flexibility index (Phi) is 3.43. The Bertz CT molecular complexity index is 583. The lowest BCUT2D eigenvalue weighted by Gasteiger charge is -2.38. The summed E-state index contributed by atoms with van der Waals surface area (Å²) in [6.45, 7) is 4.90. The number of thiazole rings is 1. The van der Waals surface area contributed by atoms with Crippen LogP contribution in [0.25, 0.3) is 0 Å². The Morgan fingerprint density at radius 3 is 2.95 bits per heavy atom. The maximum Gasteiger partial charge on any atom is 0.273 e. The maximum atomic E-state index is 12.1. The molecule has 0 unspecified atom stereocenters. The Hall–Kier alpha value is -1.89. The number of likely N-dealkylation sites (tertiary alicyclic amines) is 1. The lowest BCUT2D eigenvalue weighted by atomic mass is 10.1. The highest BCUT2D eigenvalue weighted by molar-refractivity contribution is 7.11. The molecule has 106 valence electrons. The predicted octanol–water partition coefficient (Wildman–Crippen LogP) is 1.58. The van der Waals surface area contributed by atoms with Crippen molar-refractivity contribution in [1.29, 1.82) is 0 Å². The monoisotopic (exact) mass is 293 g/mol. The van der Waals surface area contributed by atoms with Crippen molar-refractivity contribution in [3.63, 3.8) is 0 Å². The zero-order valence-electron chi connectivity index (χ0n) is 11.3. The largest absolute Gasteiger partial charge is 0.463 e. The molecule has 3 rings (SSSR count). The second kappa shape index (κ2) is 5.24. The lowest BCUT2D eigenvalue weighted by Crippen LogP contribution is -2.56. The van der Waals surface area contributed by atoms with Gasteiger partial charge in [-0.2, -0.15) is 0 Å². The molecule has 2 aromatic heterocycles. The molecule has 7 heteroatoms. The quantitative estimate of drug-likeness (QED) is 0.856. The minimum atomic E-state index is 0.0507. The van der Waals surface area contributed by atoms with E-state index >= 15 is 0 Å². The highest BCUT2D eigenvalue weighted by Crippen LogP contribution is 2.21. The van der Waals surface area contributed by atoms with Crippen LogP contribution < -0.4 is 4.74 Å². The average molecular weight is 293 g/mol. The van der Waals surface area contributed by atoms with Crippen LogP contribution in [0.2, 0.25) is 0 Å². The first-order chi connectivity index (χ1) is 9.63. The molecule has 0 radical (unpaired) electrons. The summed E-state index contributed by atoms with van der Waals surface area (Å²) in [6, 6.07) is 0. The molecular formula is C13H15N3O3S. The average Bonchev–Trinajstić information content (AvgIpc) is 2.98. The van der Waals surface area contributed by atoms with Crippen molar-refractivity contribution in [3.8, 4) is 5.19 Å². The molecule has 1 amide bonds. The number of ether oxygens (including phenoxy) is 1. The molecule has 0 aliphatic carbocycles. The number of hydrogen-bond acceptors (Lipinski definition) is 6. The second-order valence-electron chi connectivity index (χ2n) is 4.82. The van der Waals surface area contributed by atoms with Crippen molar-refractivity contribution < 1.29 is 14.1 Å². The van der Waals surface area contributed by atoms with Crippen molar-refractivity contribution in [2.45, 2.75) is 26.4 Å². The van der Waals surface area contributed by atoms with Crippen LogP contribution in [0.15, 0.2) is 16.1 Å². The van der Waals surface area contributed by atoms with Crippen LogP contribution in [0.4, 0.5) is 0 Å². The molecule has 20 heavy (non-hydrogen) atoms. The molecule has 0 N–H and O–H groups in total. The fourth-order valence-corrected chi connectivity index (χ4v) is 2.70. The third-order valence-electron chi connectivity index (χ3n) is 3.39. The highest BCUT2D eigenvalue weighted by atomic mass is 32.1. The lowest BCUT2D eigenvalue weighted by molar-refractivity contribution is -0.139. The van der Waals surface area contributed by atoms with E-state index in [4.69, 9.17) is 9.26 Å². The van der Waals surface area contributed by atoms with Crippen LogP contribution in [0.1, 0.15) is 17.0 Å². The molecule has 2 aromatic rings. The number of amides is 1. The SMILES string of the molecule is Cc1noc(C)c1CC(=O)N1CC(Oc2nccs2)C1. The smallest absolute Gasteiger partial charge is 0.273 e. The van der Waals surface area contributed by atoms with Gasteiger partial charge in [0.15, 0.2) is 0 Å². The van der Waals surface area contributed by atoms with E-state index in [0.717, 1.165) is 11.3 Å². The van der Waals surface area contributed by atoms with Crippen molar-refractivity contribution in [3.05, 3.63) is 28.6 Å². The molecule has 0 spiro atoms. The van der Waals surface area contributed by atoms with E-state index in [1.165, 1.54) is 11.3 Å². The Labute approximate surface area is 120 Å². The Balaban J connectivity index is 1.51. The fourth-order valence-electron chi connectivity index (χ4n) is 2.14. The van der Waals surface area contributed by atoms with Gasteiger partial charge >= 0.3 is 0 Å². The summed E-state index contributed by atoms with van der Waals surface area (Å²) in [6.07, 6.45) is 2.10. The van der Waals surface area contributed by atoms with Crippen molar-refractivity contribution in [2.75, 3.05) is 13.1 Å². The summed E-state index contributed by atoms with van der Waals surface area (Å²) in [5.74, 6) is 0.797. The molecular weight excluding hydrogens is 278 g/mol. The van der Waals surface area contributed by atoms with Crippen LogP contribution in [0, 0.1) is 13.8 Å². The molecule has 1 aliphatic rings. The number of nitrogens with zero attached hydrogens (tertiary/aromatic N) is 3. The standard InChI is InChI=1S/C13H15N3O3S/c1-8-11(9(2)19-15-8)5-12(17)16-6-10(7-16)18-13-14-3-4-20-13/h3-4,10H,5-7H2,1-2H3. The van der Waals surface area contributed by atoms with E-state index < -0.39 is 0 Å². The van der Waals surface area contributed by atoms with Crippen molar-refractivity contribution in [1.82, 2.24) is 15.0 Å². The zero-order valence-corrected chi connectivity index (χ0v) is 12.1. The topological polar surface area (TPSA) is 68.5 Å². The van der Waals surface area contributed by atoms with Crippen LogP contribution in [0.3, 0.4) is 0 Å². The van der Waals surface area contributed by atoms with Gasteiger partial charge < -0.3 is 14.2 Å². The summed E-state index contributed by atoms with van der Waals surface area (Å²) < 4.78 is 10.7. The first-order valence-electron chi connectivity index (χ1n) is 6.39. The van der Waals surface area contributed by atoms with Gasteiger partial charge in [0.05, 0.1) is 25.2 Å². The van der Waals surface area contributed by atoms with Gasteiger partial charge in [0.1, 0.15) is 11.9 Å². The van der Waals surface area contributed by atoms with E-state index in [1.807, 2.05) is 19.2 Å². The minimum absolute atomic E-state index is 0.0507.